The molecular formula is C16H18F2N4O2. The molecule has 6 nitrogen and oxygen atoms in total. The molecule has 3 rings (SSSR count). The molecule has 0 N–H and O–H groups in total. The second-order valence-electron chi connectivity index (χ2n) is 5.60. The van der Waals surface area contributed by atoms with Crippen molar-refractivity contribution in [2.24, 2.45) is 0 Å². The zero-order valence-corrected chi connectivity index (χ0v) is 13.0. The van der Waals surface area contributed by atoms with E-state index in [0.717, 1.165) is 24.7 Å². The number of alkyl halides is 2. The summed E-state index contributed by atoms with van der Waals surface area (Å²) in [7, 11) is 0. The number of carbonyl (C=O) groups excluding carboxylic acids is 1. The van der Waals surface area contributed by atoms with Crippen LogP contribution in [0, 0.1) is 0 Å². The number of amides is 1. The fourth-order valence-corrected chi connectivity index (χ4v) is 2.66. The van der Waals surface area contributed by atoms with Gasteiger partial charge in [0.25, 0.3) is 5.91 Å². The molecule has 1 atom stereocenters. The first-order valence-electron chi connectivity index (χ1n) is 7.77. The van der Waals surface area contributed by atoms with Crippen LogP contribution in [0.5, 0.6) is 0 Å². The van der Waals surface area contributed by atoms with Gasteiger partial charge >= 0.3 is 6.55 Å². The summed E-state index contributed by atoms with van der Waals surface area (Å²) in [6.45, 7) is -1.43. The summed E-state index contributed by atoms with van der Waals surface area (Å²) < 4.78 is 31.4. The maximum atomic E-state index is 12.7. The molecule has 8 heteroatoms. The Morgan fingerprint density at radius 2 is 2.29 bits per heavy atom. The van der Waals surface area contributed by atoms with Gasteiger partial charge in [-0.05, 0) is 31.0 Å². The van der Waals surface area contributed by atoms with E-state index in [1.54, 1.807) is 17.2 Å². The molecule has 0 spiro atoms. The van der Waals surface area contributed by atoms with Gasteiger partial charge in [0.05, 0.1) is 18.3 Å². The third-order valence-electron chi connectivity index (χ3n) is 3.84. The molecule has 2 aromatic heterocycles. The zero-order chi connectivity index (χ0) is 16.9. The Hall–Kier alpha value is -2.35. The van der Waals surface area contributed by atoms with Crippen molar-refractivity contribution < 1.29 is 18.3 Å². The minimum Gasteiger partial charge on any atom is -0.376 e. The highest BCUT2D eigenvalue weighted by atomic mass is 19.3. The van der Waals surface area contributed by atoms with Gasteiger partial charge in [0.1, 0.15) is 0 Å². The van der Waals surface area contributed by atoms with Crippen LogP contribution in [0.2, 0.25) is 0 Å². The number of hydrogen-bond donors (Lipinski definition) is 0. The van der Waals surface area contributed by atoms with Crippen LogP contribution in [0.4, 0.5) is 8.78 Å². The van der Waals surface area contributed by atoms with Crippen LogP contribution in [0.25, 0.3) is 0 Å². The largest absolute Gasteiger partial charge is 0.376 e. The van der Waals surface area contributed by atoms with Gasteiger partial charge in [0, 0.05) is 25.5 Å². The molecule has 3 heterocycles. The van der Waals surface area contributed by atoms with Crippen molar-refractivity contribution in [3.8, 4) is 0 Å². The second kappa shape index (κ2) is 7.48. The van der Waals surface area contributed by atoms with Crippen molar-refractivity contribution in [3.63, 3.8) is 0 Å². The van der Waals surface area contributed by atoms with Crippen LogP contribution in [-0.2, 0) is 11.3 Å². The molecule has 0 aliphatic carbocycles. The van der Waals surface area contributed by atoms with Gasteiger partial charge in [-0.3, -0.25) is 9.78 Å². The van der Waals surface area contributed by atoms with Gasteiger partial charge in [0.15, 0.2) is 5.69 Å². The Balaban J connectivity index is 1.77. The summed E-state index contributed by atoms with van der Waals surface area (Å²) in [4.78, 5) is 18.5. The van der Waals surface area contributed by atoms with Crippen molar-refractivity contribution in [2.45, 2.75) is 32.0 Å². The SMILES string of the molecule is O=C(c1ccn(C(F)F)n1)N(Cc1ccccn1)CC1CCCO1. The van der Waals surface area contributed by atoms with Crippen LogP contribution in [0.3, 0.4) is 0 Å². The van der Waals surface area contributed by atoms with Crippen LogP contribution in [-0.4, -0.2) is 44.8 Å². The van der Waals surface area contributed by atoms with Gasteiger partial charge in [-0.25, -0.2) is 4.68 Å². The molecule has 1 fully saturated rings. The molecule has 2 aromatic rings. The quantitative estimate of drug-likeness (QED) is 0.813. The molecule has 24 heavy (non-hydrogen) atoms. The maximum Gasteiger partial charge on any atom is 0.333 e. The molecule has 1 amide bonds. The minimum atomic E-state index is -2.77. The van der Waals surface area contributed by atoms with E-state index in [-0.39, 0.29) is 18.3 Å². The predicted molar refractivity (Wildman–Crippen MR) is 81.4 cm³/mol. The fourth-order valence-electron chi connectivity index (χ4n) is 2.66. The Morgan fingerprint density at radius 1 is 1.42 bits per heavy atom. The van der Waals surface area contributed by atoms with Crippen molar-refractivity contribution in [1.82, 2.24) is 19.7 Å². The van der Waals surface area contributed by atoms with Crippen molar-refractivity contribution in [2.75, 3.05) is 13.2 Å². The van der Waals surface area contributed by atoms with Gasteiger partial charge in [-0.2, -0.15) is 13.9 Å². The van der Waals surface area contributed by atoms with Crippen molar-refractivity contribution in [1.29, 1.82) is 0 Å². The molecule has 1 aliphatic rings. The topological polar surface area (TPSA) is 60.2 Å². The average molecular weight is 336 g/mol. The van der Waals surface area contributed by atoms with Gasteiger partial charge < -0.3 is 9.64 Å². The first-order chi connectivity index (χ1) is 11.6. The summed E-state index contributed by atoms with van der Waals surface area (Å²) in [6, 6.07) is 6.74. The van der Waals surface area contributed by atoms with Gasteiger partial charge in [-0.15, -0.1) is 0 Å². The lowest BCUT2D eigenvalue weighted by molar-refractivity contribution is 0.0474. The molecule has 1 aliphatic heterocycles. The first kappa shape index (κ1) is 16.5. The monoisotopic (exact) mass is 336 g/mol. The Bertz CT molecular complexity index is 672. The Kier molecular flexibility index (Phi) is 5.14. The molecule has 1 unspecified atom stereocenters. The van der Waals surface area contributed by atoms with Crippen molar-refractivity contribution >= 4 is 5.91 Å². The number of aromatic nitrogens is 3. The molecular weight excluding hydrogens is 318 g/mol. The standard InChI is InChI=1S/C16H18F2N4O2/c17-16(18)22-8-6-14(20-22)15(23)21(11-13-5-3-9-24-13)10-12-4-1-2-7-19-12/h1-2,4,6-8,13,16H,3,5,9-11H2. The molecule has 0 bridgehead atoms. The van der Waals surface area contributed by atoms with Crippen LogP contribution >= 0.6 is 0 Å². The Labute approximate surface area is 138 Å². The minimum absolute atomic E-state index is 0.00997. The Morgan fingerprint density at radius 3 is 2.92 bits per heavy atom. The third kappa shape index (κ3) is 3.94. The van der Waals surface area contributed by atoms with E-state index in [0.29, 0.717) is 17.8 Å². The maximum absolute atomic E-state index is 12.7. The molecule has 0 radical (unpaired) electrons. The number of rotatable bonds is 6. The number of pyridine rings is 1. The fraction of sp³-hybridized carbons (Fsp3) is 0.438. The van der Waals surface area contributed by atoms with Crippen LogP contribution < -0.4 is 0 Å². The smallest absolute Gasteiger partial charge is 0.333 e. The summed E-state index contributed by atoms with van der Waals surface area (Å²) in [5, 5.41) is 3.66. The summed E-state index contributed by atoms with van der Waals surface area (Å²) in [5.41, 5.74) is 0.710. The number of hydrogen-bond acceptors (Lipinski definition) is 4. The van der Waals surface area contributed by atoms with E-state index in [1.807, 2.05) is 12.1 Å². The van der Waals surface area contributed by atoms with E-state index in [4.69, 9.17) is 4.74 Å². The highest BCUT2D eigenvalue weighted by Crippen LogP contribution is 2.17. The summed E-state index contributed by atoms with van der Waals surface area (Å²) in [6.07, 6.45) is 4.53. The summed E-state index contributed by atoms with van der Waals surface area (Å²) in [5.74, 6) is -0.407. The number of halogens is 2. The molecule has 0 saturated carbocycles. The van der Waals surface area contributed by atoms with E-state index in [1.165, 1.54) is 6.07 Å². The van der Waals surface area contributed by atoms with E-state index in [9.17, 15) is 13.6 Å². The van der Waals surface area contributed by atoms with Gasteiger partial charge in [0.2, 0.25) is 0 Å². The van der Waals surface area contributed by atoms with Gasteiger partial charge in [-0.1, -0.05) is 6.07 Å². The number of carbonyl (C=O) groups is 1. The highest BCUT2D eigenvalue weighted by molar-refractivity contribution is 5.92. The van der Waals surface area contributed by atoms with E-state index in [2.05, 4.69) is 10.1 Å². The predicted octanol–water partition coefficient (Wildman–Crippen LogP) is 2.49. The number of nitrogens with zero attached hydrogens (tertiary/aromatic N) is 4. The average Bonchev–Trinajstić information content (AvgIpc) is 3.26. The third-order valence-corrected chi connectivity index (χ3v) is 3.84. The first-order valence-corrected chi connectivity index (χ1v) is 7.77. The van der Waals surface area contributed by atoms with Crippen LogP contribution in [0.15, 0.2) is 36.7 Å². The zero-order valence-electron chi connectivity index (χ0n) is 13.0. The van der Waals surface area contributed by atoms with Crippen LogP contribution in [0.1, 0.15) is 35.6 Å². The molecule has 128 valence electrons. The second-order valence-corrected chi connectivity index (χ2v) is 5.60. The lowest BCUT2D eigenvalue weighted by Gasteiger charge is -2.24. The van der Waals surface area contributed by atoms with Crippen molar-refractivity contribution in [3.05, 3.63) is 48.0 Å². The lowest BCUT2D eigenvalue weighted by Crippen LogP contribution is -2.37. The molecule has 0 aromatic carbocycles. The summed E-state index contributed by atoms with van der Waals surface area (Å²) >= 11 is 0. The highest BCUT2D eigenvalue weighted by Gasteiger charge is 2.25. The van der Waals surface area contributed by atoms with E-state index < -0.39 is 12.5 Å². The van der Waals surface area contributed by atoms with E-state index >= 15 is 0 Å². The molecule has 1 saturated heterocycles. The number of ether oxygens (including phenoxy) is 1. The normalized spacial score (nSPS) is 17.4. The lowest BCUT2D eigenvalue weighted by atomic mass is 10.2.